The molecule has 1 aromatic rings. The molecule has 2 heteroatoms. The van der Waals surface area contributed by atoms with Crippen LogP contribution in [-0.2, 0) is 4.79 Å². The van der Waals surface area contributed by atoms with Gasteiger partial charge in [0.05, 0.1) is 0 Å². The van der Waals surface area contributed by atoms with Gasteiger partial charge in [0.2, 0.25) is 5.91 Å². The maximum Gasteiger partial charge on any atom is 0.227 e. The largest absolute Gasteiger partial charge is 0.326 e. The van der Waals surface area contributed by atoms with Gasteiger partial charge in [0.1, 0.15) is 0 Å². The molecule has 0 unspecified atom stereocenters. The van der Waals surface area contributed by atoms with Gasteiger partial charge < -0.3 is 5.32 Å². The Hall–Kier alpha value is -1.31. The topological polar surface area (TPSA) is 29.1 Å². The summed E-state index contributed by atoms with van der Waals surface area (Å²) in [6.45, 7) is 6.25. The van der Waals surface area contributed by atoms with Crippen molar-refractivity contribution < 1.29 is 4.79 Å². The predicted molar refractivity (Wildman–Crippen MR) is 61.8 cm³/mol. The van der Waals surface area contributed by atoms with Crippen LogP contribution >= 0.6 is 0 Å². The molecule has 1 amide bonds. The molecule has 1 fully saturated rings. The molecule has 2 rings (SSSR count). The number of hydrogen-bond acceptors (Lipinski definition) is 1. The van der Waals surface area contributed by atoms with Crippen LogP contribution in [0.4, 0.5) is 5.69 Å². The van der Waals surface area contributed by atoms with Crippen LogP contribution in [0.3, 0.4) is 0 Å². The first-order chi connectivity index (χ1) is 7.08. The van der Waals surface area contributed by atoms with E-state index in [-0.39, 0.29) is 11.8 Å². The van der Waals surface area contributed by atoms with Gasteiger partial charge in [-0.25, -0.2) is 0 Å². The fourth-order valence-corrected chi connectivity index (χ4v) is 1.74. The van der Waals surface area contributed by atoms with E-state index < -0.39 is 0 Å². The second kappa shape index (κ2) is 3.69. The lowest BCUT2D eigenvalue weighted by Crippen LogP contribution is -2.14. The zero-order valence-corrected chi connectivity index (χ0v) is 9.50. The van der Waals surface area contributed by atoms with Crippen LogP contribution in [0.15, 0.2) is 18.2 Å². The van der Waals surface area contributed by atoms with Gasteiger partial charge in [-0.05, 0) is 49.4 Å². The summed E-state index contributed by atoms with van der Waals surface area (Å²) >= 11 is 0. The molecule has 0 aromatic heterocycles. The SMILES string of the molecule is Cc1ccc(NC(=O)[C@H]2C[C@@H]2C)cc1C. The van der Waals surface area contributed by atoms with Crippen LogP contribution < -0.4 is 5.32 Å². The first kappa shape index (κ1) is 10.2. The molecule has 0 saturated heterocycles. The third kappa shape index (κ3) is 2.20. The van der Waals surface area contributed by atoms with E-state index in [2.05, 4.69) is 26.1 Å². The van der Waals surface area contributed by atoms with E-state index in [4.69, 9.17) is 0 Å². The Bertz CT molecular complexity index is 398. The van der Waals surface area contributed by atoms with E-state index in [0.29, 0.717) is 5.92 Å². The molecule has 2 nitrogen and oxygen atoms in total. The molecule has 80 valence electrons. The van der Waals surface area contributed by atoms with Gasteiger partial charge >= 0.3 is 0 Å². The van der Waals surface area contributed by atoms with Crippen LogP contribution in [0.5, 0.6) is 0 Å². The molecular weight excluding hydrogens is 186 g/mol. The quantitative estimate of drug-likeness (QED) is 0.786. The monoisotopic (exact) mass is 203 g/mol. The van der Waals surface area contributed by atoms with Crippen molar-refractivity contribution in [1.82, 2.24) is 0 Å². The summed E-state index contributed by atoms with van der Waals surface area (Å²) in [5, 5.41) is 2.96. The summed E-state index contributed by atoms with van der Waals surface area (Å²) in [7, 11) is 0. The number of amides is 1. The first-order valence-corrected chi connectivity index (χ1v) is 5.46. The summed E-state index contributed by atoms with van der Waals surface area (Å²) < 4.78 is 0. The highest BCUT2D eigenvalue weighted by Gasteiger charge is 2.38. The Morgan fingerprint density at radius 3 is 2.53 bits per heavy atom. The second-order valence-electron chi connectivity index (χ2n) is 4.61. The number of carbonyl (C=O) groups excluding carboxylic acids is 1. The van der Waals surface area contributed by atoms with E-state index in [0.717, 1.165) is 12.1 Å². The lowest BCUT2D eigenvalue weighted by Gasteiger charge is -2.07. The number of hydrogen-bond donors (Lipinski definition) is 1. The van der Waals surface area contributed by atoms with Crippen molar-refractivity contribution >= 4 is 11.6 Å². The van der Waals surface area contributed by atoms with Crippen LogP contribution in [0.25, 0.3) is 0 Å². The second-order valence-corrected chi connectivity index (χ2v) is 4.61. The van der Waals surface area contributed by atoms with Crippen LogP contribution in [0, 0.1) is 25.7 Å². The maximum atomic E-state index is 11.7. The number of rotatable bonds is 2. The van der Waals surface area contributed by atoms with Gasteiger partial charge in [-0.3, -0.25) is 4.79 Å². The van der Waals surface area contributed by atoms with E-state index in [1.807, 2.05) is 18.2 Å². The minimum atomic E-state index is 0.172. The highest BCUT2D eigenvalue weighted by Crippen LogP contribution is 2.38. The minimum absolute atomic E-state index is 0.172. The molecular formula is C13H17NO. The van der Waals surface area contributed by atoms with Crippen molar-refractivity contribution in [1.29, 1.82) is 0 Å². The molecule has 1 aliphatic rings. The fraction of sp³-hybridized carbons (Fsp3) is 0.462. The zero-order chi connectivity index (χ0) is 11.0. The summed E-state index contributed by atoms with van der Waals surface area (Å²) in [5.74, 6) is 0.980. The first-order valence-electron chi connectivity index (χ1n) is 5.46. The van der Waals surface area contributed by atoms with Crippen LogP contribution in [0.1, 0.15) is 24.5 Å². The molecule has 0 aliphatic heterocycles. The van der Waals surface area contributed by atoms with Gasteiger partial charge in [0.15, 0.2) is 0 Å². The molecule has 2 atom stereocenters. The van der Waals surface area contributed by atoms with Crippen LogP contribution in [-0.4, -0.2) is 5.91 Å². The highest BCUT2D eigenvalue weighted by atomic mass is 16.2. The molecule has 1 N–H and O–H groups in total. The van der Waals surface area contributed by atoms with Crippen molar-refractivity contribution in [3.63, 3.8) is 0 Å². The third-order valence-corrected chi connectivity index (χ3v) is 3.22. The van der Waals surface area contributed by atoms with Crippen molar-refractivity contribution in [2.75, 3.05) is 5.32 Å². The predicted octanol–water partition coefficient (Wildman–Crippen LogP) is 2.90. The van der Waals surface area contributed by atoms with Crippen molar-refractivity contribution in [3.05, 3.63) is 29.3 Å². The molecule has 0 heterocycles. The molecule has 0 spiro atoms. The van der Waals surface area contributed by atoms with Gasteiger partial charge in [-0.1, -0.05) is 13.0 Å². The van der Waals surface area contributed by atoms with E-state index in [9.17, 15) is 4.79 Å². The van der Waals surface area contributed by atoms with E-state index >= 15 is 0 Å². The van der Waals surface area contributed by atoms with Gasteiger partial charge in [0.25, 0.3) is 0 Å². The number of benzene rings is 1. The van der Waals surface area contributed by atoms with Crippen molar-refractivity contribution in [2.24, 2.45) is 11.8 Å². The number of nitrogens with one attached hydrogen (secondary N) is 1. The Kier molecular flexibility index (Phi) is 2.51. The Morgan fingerprint density at radius 2 is 2.00 bits per heavy atom. The molecule has 15 heavy (non-hydrogen) atoms. The average molecular weight is 203 g/mol. The van der Waals surface area contributed by atoms with Crippen LogP contribution in [0.2, 0.25) is 0 Å². The molecule has 0 radical (unpaired) electrons. The molecule has 1 saturated carbocycles. The van der Waals surface area contributed by atoms with Crippen molar-refractivity contribution in [2.45, 2.75) is 27.2 Å². The minimum Gasteiger partial charge on any atom is -0.326 e. The maximum absolute atomic E-state index is 11.7. The Balaban J connectivity index is 2.04. The van der Waals surface area contributed by atoms with E-state index in [1.54, 1.807) is 0 Å². The summed E-state index contributed by atoms with van der Waals surface area (Å²) in [6, 6.07) is 6.04. The lowest BCUT2D eigenvalue weighted by atomic mass is 10.1. The van der Waals surface area contributed by atoms with Gasteiger partial charge in [0, 0.05) is 11.6 Å². The third-order valence-electron chi connectivity index (χ3n) is 3.22. The zero-order valence-electron chi connectivity index (χ0n) is 9.50. The Morgan fingerprint density at radius 1 is 1.33 bits per heavy atom. The highest BCUT2D eigenvalue weighted by molar-refractivity contribution is 5.94. The summed E-state index contributed by atoms with van der Waals surface area (Å²) in [4.78, 5) is 11.7. The van der Waals surface area contributed by atoms with Gasteiger partial charge in [-0.15, -0.1) is 0 Å². The summed E-state index contributed by atoms with van der Waals surface area (Å²) in [6.07, 6.45) is 1.04. The number of carbonyl (C=O) groups is 1. The fourth-order valence-electron chi connectivity index (χ4n) is 1.74. The molecule has 1 aromatic carbocycles. The Labute approximate surface area is 90.7 Å². The van der Waals surface area contributed by atoms with Gasteiger partial charge in [-0.2, -0.15) is 0 Å². The van der Waals surface area contributed by atoms with Crippen molar-refractivity contribution in [3.8, 4) is 0 Å². The summed E-state index contributed by atoms with van der Waals surface area (Å²) in [5.41, 5.74) is 3.40. The normalized spacial score (nSPS) is 23.7. The lowest BCUT2D eigenvalue weighted by molar-refractivity contribution is -0.117. The standard InChI is InChI=1S/C13H17NO/c1-8-4-5-11(6-9(8)2)14-13(15)12-7-10(12)3/h4-6,10,12H,7H2,1-3H3,(H,14,15)/t10-,12-/m0/s1. The molecule has 0 bridgehead atoms. The molecule has 1 aliphatic carbocycles. The average Bonchev–Trinajstić information content (AvgIpc) is 2.89. The number of aryl methyl sites for hydroxylation is 2. The number of anilines is 1. The smallest absolute Gasteiger partial charge is 0.227 e. The van der Waals surface area contributed by atoms with E-state index in [1.165, 1.54) is 11.1 Å².